The minimum absolute atomic E-state index is 0.662. The Hall–Kier alpha value is -2.75. The fraction of sp³-hybridized carbons (Fsp3) is 0.0625. The molecule has 4 aromatic rings. The van der Waals surface area contributed by atoms with Crippen LogP contribution in [0.2, 0.25) is 0 Å². The molecule has 0 unspecified atom stereocenters. The van der Waals surface area contributed by atoms with Crippen molar-refractivity contribution in [3.63, 3.8) is 0 Å². The van der Waals surface area contributed by atoms with Crippen molar-refractivity contribution in [3.05, 3.63) is 60.6 Å². The Morgan fingerprint density at radius 3 is 2.50 bits per heavy atom. The third-order valence-corrected chi connectivity index (χ3v) is 3.40. The molecule has 0 saturated carbocycles. The maximum absolute atomic E-state index is 4.64. The van der Waals surface area contributed by atoms with Crippen molar-refractivity contribution in [2.75, 3.05) is 0 Å². The number of hydrogen-bond donors (Lipinski definition) is 0. The van der Waals surface area contributed by atoms with E-state index in [4.69, 9.17) is 0 Å². The van der Waals surface area contributed by atoms with Crippen LogP contribution < -0.4 is 0 Å². The maximum atomic E-state index is 4.64. The van der Waals surface area contributed by atoms with E-state index in [9.17, 15) is 0 Å². The van der Waals surface area contributed by atoms with E-state index in [1.54, 1.807) is 0 Å². The van der Waals surface area contributed by atoms with Crippen molar-refractivity contribution < 1.29 is 0 Å². The molecule has 0 saturated heterocycles. The standard InChI is InChI=1S/C16H12N4/c1-11-18-14-8-4-5-9-15(14)20(11)16-17-10-12-6-2-3-7-13(12)19-16/h2-10H,1H3. The molecule has 0 fully saturated rings. The van der Waals surface area contributed by atoms with Crippen LogP contribution in [0.5, 0.6) is 0 Å². The molecule has 96 valence electrons. The molecule has 0 bridgehead atoms. The Kier molecular flexibility index (Phi) is 2.29. The number of aryl methyl sites for hydroxylation is 1. The largest absolute Gasteiger partial charge is 0.264 e. The number of aromatic nitrogens is 4. The molecule has 0 radical (unpaired) electrons. The van der Waals surface area contributed by atoms with Gasteiger partial charge < -0.3 is 0 Å². The summed E-state index contributed by atoms with van der Waals surface area (Å²) < 4.78 is 1.99. The summed E-state index contributed by atoms with van der Waals surface area (Å²) in [5, 5.41) is 1.04. The Morgan fingerprint density at radius 1 is 0.850 bits per heavy atom. The second kappa shape index (κ2) is 4.13. The quantitative estimate of drug-likeness (QED) is 0.527. The maximum Gasteiger partial charge on any atom is 0.236 e. The second-order valence-electron chi connectivity index (χ2n) is 4.71. The van der Waals surface area contributed by atoms with Gasteiger partial charge in [-0.1, -0.05) is 30.3 Å². The third-order valence-electron chi connectivity index (χ3n) is 3.40. The molecule has 0 amide bonds. The van der Waals surface area contributed by atoms with E-state index in [1.807, 2.05) is 66.2 Å². The van der Waals surface area contributed by atoms with Gasteiger partial charge in [0.05, 0.1) is 16.6 Å². The van der Waals surface area contributed by atoms with Crippen molar-refractivity contribution in [2.45, 2.75) is 6.92 Å². The zero-order chi connectivity index (χ0) is 13.5. The van der Waals surface area contributed by atoms with Gasteiger partial charge in [0.15, 0.2) is 0 Å². The highest BCUT2D eigenvalue weighted by atomic mass is 15.2. The minimum atomic E-state index is 0.662. The molecule has 0 aliphatic carbocycles. The van der Waals surface area contributed by atoms with Crippen LogP contribution in [-0.4, -0.2) is 19.5 Å². The lowest BCUT2D eigenvalue weighted by Gasteiger charge is -2.05. The van der Waals surface area contributed by atoms with E-state index in [1.165, 1.54) is 0 Å². The van der Waals surface area contributed by atoms with Gasteiger partial charge in [0.1, 0.15) is 5.82 Å². The van der Waals surface area contributed by atoms with Gasteiger partial charge in [0.2, 0.25) is 5.95 Å². The van der Waals surface area contributed by atoms with Crippen LogP contribution in [0.1, 0.15) is 5.82 Å². The normalized spacial score (nSPS) is 11.2. The van der Waals surface area contributed by atoms with E-state index >= 15 is 0 Å². The highest BCUT2D eigenvalue weighted by Gasteiger charge is 2.11. The fourth-order valence-corrected chi connectivity index (χ4v) is 2.47. The van der Waals surface area contributed by atoms with Crippen LogP contribution in [0.3, 0.4) is 0 Å². The molecule has 4 rings (SSSR count). The first-order valence-electron chi connectivity index (χ1n) is 6.49. The molecule has 0 spiro atoms. The summed E-state index contributed by atoms with van der Waals surface area (Å²) in [4.78, 5) is 13.7. The first kappa shape index (κ1) is 11.1. The van der Waals surface area contributed by atoms with E-state index in [-0.39, 0.29) is 0 Å². The fourth-order valence-electron chi connectivity index (χ4n) is 2.47. The first-order valence-corrected chi connectivity index (χ1v) is 6.49. The van der Waals surface area contributed by atoms with Gasteiger partial charge in [-0.2, -0.15) is 0 Å². The predicted molar refractivity (Wildman–Crippen MR) is 78.9 cm³/mol. The predicted octanol–water partition coefficient (Wildman–Crippen LogP) is 3.28. The van der Waals surface area contributed by atoms with E-state index in [0.29, 0.717) is 5.95 Å². The number of rotatable bonds is 1. The SMILES string of the molecule is Cc1nc2ccccc2n1-c1ncc2ccccc2n1. The zero-order valence-electron chi connectivity index (χ0n) is 11.0. The Bertz CT molecular complexity index is 924. The number of nitrogens with zero attached hydrogens (tertiary/aromatic N) is 4. The van der Waals surface area contributed by atoms with Gasteiger partial charge in [0, 0.05) is 11.6 Å². The summed E-state index contributed by atoms with van der Waals surface area (Å²) in [6.45, 7) is 1.97. The van der Waals surface area contributed by atoms with Crippen molar-refractivity contribution in [3.8, 4) is 5.95 Å². The molecular weight excluding hydrogens is 248 g/mol. The zero-order valence-corrected chi connectivity index (χ0v) is 11.0. The van der Waals surface area contributed by atoms with Gasteiger partial charge in [-0.05, 0) is 25.1 Å². The molecule has 2 heterocycles. The molecule has 0 aliphatic rings. The molecule has 20 heavy (non-hydrogen) atoms. The Morgan fingerprint density at radius 2 is 1.60 bits per heavy atom. The highest BCUT2D eigenvalue weighted by molar-refractivity contribution is 5.80. The van der Waals surface area contributed by atoms with Crippen LogP contribution in [0.25, 0.3) is 27.9 Å². The van der Waals surface area contributed by atoms with Crippen LogP contribution >= 0.6 is 0 Å². The van der Waals surface area contributed by atoms with Crippen LogP contribution in [0.4, 0.5) is 0 Å². The summed E-state index contributed by atoms with van der Waals surface area (Å²) in [5.41, 5.74) is 2.93. The molecule has 0 N–H and O–H groups in total. The van der Waals surface area contributed by atoms with E-state index < -0.39 is 0 Å². The summed E-state index contributed by atoms with van der Waals surface area (Å²) in [7, 11) is 0. The highest BCUT2D eigenvalue weighted by Crippen LogP contribution is 2.20. The number of fused-ring (bicyclic) bond motifs is 2. The molecule has 4 nitrogen and oxygen atoms in total. The molecule has 2 aromatic heterocycles. The molecule has 0 atom stereocenters. The van der Waals surface area contributed by atoms with E-state index in [0.717, 1.165) is 27.8 Å². The van der Waals surface area contributed by atoms with E-state index in [2.05, 4.69) is 15.0 Å². The smallest absolute Gasteiger partial charge is 0.236 e. The monoisotopic (exact) mass is 260 g/mol. The van der Waals surface area contributed by atoms with Gasteiger partial charge in [-0.25, -0.2) is 15.0 Å². The second-order valence-corrected chi connectivity index (χ2v) is 4.71. The number of imidazole rings is 1. The van der Waals surface area contributed by atoms with Crippen LogP contribution in [-0.2, 0) is 0 Å². The molecule has 2 aromatic carbocycles. The minimum Gasteiger partial charge on any atom is -0.264 e. The number of para-hydroxylation sites is 3. The van der Waals surface area contributed by atoms with Crippen molar-refractivity contribution in [2.24, 2.45) is 0 Å². The third kappa shape index (κ3) is 1.58. The van der Waals surface area contributed by atoms with Gasteiger partial charge >= 0.3 is 0 Å². The molecule has 4 heteroatoms. The number of hydrogen-bond acceptors (Lipinski definition) is 3. The summed E-state index contributed by atoms with van der Waals surface area (Å²) in [6, 6.07) is 16.0. The topological polar surface area (TPSA) is 43.6 Å². The van der Waals surface area contributed by atoms with Gasteiger partial charge in [-0.3, -0.25) is 4.57 Å². The average molecular weight is 260 g/mol. The van der Waals surface area contributed by atoms with Crippen LogP contribution in [0.15, 0.2) is 54.7 Å². The lowest BCUT2D eigenvalue weighted by Crippen LogP contribution is -2.02. The lowest BCUT2D eigenvalue weighted by molar-refractivity contribution is 0.916. The Labute approximate surface area is 115 Å². The average Bonchev–Trinajstić information content (AvgIpc) is 2.82. The van der Waals surface area contributed by atoms with Crippen molar-refractivity contribution in [1.29, 1.82) is 0 Å². The van der Waals surface area contributed by atoms with Gasteiger partial charge in [0.25, 0.3) is 0 Å². The Balaban J connectivity index is 2.03. The molecular formula is C16H12N4. The van der Waals surface area contributed by atoms with Crippen molar-refractivity contribution in [1.82, 2.24) is 19.5 Å². The van der Waals surface area contributed by atoms with Crippen LogP contribution in [0, 0.1) is 6.92 Å². The van der Waals surface area contributed by atoms with Gasteiger partial charge in [-0.15, -0.1) is 0 Å². The summed E-state index contributed by atoms with van der Waals surface area (Å²) in [5.74, 6) is 1.55. The number of benzene rings is 2. The van der Waals surface area contributed by atoms with Crippen molar-refractivity contribution >= 4 is 21.9 Å². The summed E-state index contributed by atoms with van der Waals surface area (Å²) in [6.07, 6.45) is 1.85. The first-order chi connectivity index (χ1) is 9.83. The lowest BCUT2D eigenvalue weighted by atomic mass is 10.2. The molecule has 0 aliphatic heterocycles. The summed E-state index contributed by atoms with van der Waals surface area (Å²) >= 11 is 0.